The van der Waals surface area contributed by atoms with Gasteiger partial charge in [-0.2, -0.15) is 0 Å². The molecule has 1 fully saturated rings. The van der Waals surface area contributed by atoms with Gasteiger partial charge in [-0.05, 0) is 61.5 Å². The normalized spacial score (nSPS) is 24.5. The minimum atomic E-state index is -1.43. The molecule has 0 aromatic carbocycles. The fourth-order valence-electron chi connectivity index (χ4n) is 3.87. The molecule has 0 aromatic heterocycles. The fourth-order valence-corrected chi connectivity index (χ4v) is 3.87. The predicted molar refractivity (Wildman–Crippen MR) is 143 cm³/mol. The number of nitrogens with one attached hydrogen (secondary N) is 3. The van der Waals surface area contributed by atoms with Gasteiger partial charge in [-0.3, -0.25) is 15.4 Å². The van der Waals surface area contributed by atoms with E-state index in [0.29, 0.717) is 0 Å². The van der Waals surface area contributed by atoms with Crippen LogP contribution in [0.25, 0.3) is 0 Å². The number of amides is 3. The summed E-state index contributed by atoms with van der Waals surface area (Å²) in [6, 6.07) is -2.32. The molecule has 0 aromatic rings. The van der Waals surface area contributed by atoms with Crippen LogP contribution in [0.15, 0.2) is 16.8 Å². The molecule has 15 heteroatoms. The van der Waals surface area contributed by atoms with Crippen LogP contribution in [-0.4, -0.2) is 96.2 Å². The highest BCUT2D eigenvalue weighted by molar-refractivity contribution is 6.01. The lowest BCUT2D eigenvalue weighted by Crippen LogP contribution is -2.60. The highest BCUT2D eigenvalue weighted by atomic mass is 16.7. The van der Waals surface area contributed by atoms with Crippen LogP contribution in [-0.2, 0) is 38.0 Å². The van der Waals surface area contributed by atoms with E-state index in [9.17, 15) is 24.3 Å². The molecule has 0 saturated carbocycles. The van der Waals surface area contributed by atoms with E-state index < -0.39 is 77.4 Å². The summed E-state index contributed by atoms with van der Waals surface area (Å²) < 4.78 is 32.5. The van der Waals surface area contributed by atoms with Crippen LogP contribution in [0.1, 0.15) is 62.3 Å². The number of carbonyl (C=O) groups excluding carboxylic acids is 4. The second kappa shape index (κ2) is 13.0. The van der Waals surface area contributed by atoms with E-state index in [1.54, 1.807) is 55.4 Å². The van der Waals surface area contributed by atoms with Gasteiger partial charge in [0.05, 0.1) is 25.8 Å². The first-order chi connectivity index (χ1) is 18.7. The molecule has 0 aliphatic carbocycles. The van der Waals surface area contributed by atoms with Gasteiger partial charge in [0.2, 0.25) is 17.6 Å². The SMILES string of the molecule is COC(=O)C1=C[C@H](N=C(NC(=O)OC(C)(C)C)NC(=O)OC(C)(C)C)[C@@H](NC(C)=O)[C@H]([C@H](O)[C@H]2COC(C)(C)O2)O1. The van der Waals surface area contributed by atoms with Gasteiger partial charge in [0, 0.05) is 6.92 Å². The molecule has 232 valence electrons. The van der Waals surface area contributed by atoms with Crippen molar-refractivity contribution in [3.63, 3.8) is 0 Å². The number of aliphatic imine (C=N–C) groups is 1. The molecule has 2 rings (SSSR count). The molecule has 2 aliphatic heterocycles. The second-order valence-corrected chi connectivity index (χ2v) is 11.9. The number of ether oxygens (including phenoxy) is 6. The molecule has 15 nitrogen and oxygen atoms in total. The van der Waals surface area contributed by atoms with Gasteiger partial charge in [0.1, 0.15) is 29.5 Å². The summed E-state index contributed by atoms with van der Waals surface area (Å²) >= 11 is 0. The molecule has 1 saturated heterocycles. The van der Waals surface area contributed by atoms with Crippen molar-refractivity contribution < 1.29 is 52.7 Å². The Kier molecular flexibility index (Phi) is 10.7. The minimum absolute atomic E-state index is 0.00231. The number of aliphatic hydroxyl groups is 1. The van der Waals surface area contributed by atoms with E-state index in [-0.39, 0.29) is 12.4 Å². The molecule has 3 amide bonds. The van der Waals surface area contributed by atoms with Crippen LogP contribution >= 0.6 is 0 Å². The second-order valence-electron chi connectivity index (χ2n) is 11.9. The van der Waals surface area contributed by atoms with E-state index in [1.165, 1.54) is 13.0 Å². The third-order valence-electron chi connectivity index (χ3n) is 5.33. The van der Waals surface area contributed by atoms with Crippen molar-refractivity contribution >= 4 is 30.0 Å². The molecule has 0 spiro atoms. The van der Waals surface area contributed by atoms with Crippen LogP contribution in [0.3, 0.4) is 0 Å². The number of esters is 1. The summed E-state index contributed by atoms with van der Waals surface area (Å²) in [7, 11) is 1.13. The standard InChI is InChI=1S/C26H42N4O11/c1-13(31)27-17-14(28-21(29-22(34)40-24(2,3)4)30-23(35)41-25(5,6)7)11-15(20(33)36-10)38-19(17)18(32)16-12-37-26(8,9)39-16/h11,14,16-19,32H,12H2,1-10H3,(H,27,31)(H2,28,29,30,34,35)/t14-,16+,17+,18+,19+/m0/s1. The Balaban J connectivity index is 2.57. The van der Waals surface area contributed by atoms with Crippen LogP contribution in [0.5, 0.6) is 0 Å². The first kappa shape index (κ1) is 33.8. The van der Waals surface area contributed by atoms with Crippen molar-refractivity contribution in [2.75, 3.05) is 13.7 Å². The van der Waals surface area contributed by atoms with Gasteiger partial charge in [0.25, 0.3) is 0 Å². The Bertz CT molecular complexity index is 1030. The molecule has 2 aliphatic rings. The number of methoxy groups -OCH3 is 1. The average Bonchev–Trinajstić information content (AvgIpc) is 3.15. The first-order valence-corrected chi connectivity index (χ1v) is 13.0. The smallest absolute Gasteiger partial charge is 0.414 e. The average molecular weight is 587 g/mol. The summed E-state index contributed by atoms with van der Waals surface area (Å²) in [6.07, 6.45) is -4.32. The third-order valence-corrected chi connectivity index (χ3v) is 5.33. The van der Waals surface area contributed by atoms with Gasteiger partial charge < -0.3 is 38.8 Å². The number of alkyl carbamates (subject to hydrolysis) is 2. The zero-order valence-corrected chi connectivity index (χ0v) is 25.1. The van der Waals surface area contributed by atoms with E-state index in [1.807, 2.05) is 0 Å². The Morgan fingerprint density at radius 3 is 2.00 bits per heavy atom. The van der Waals surface area contributed by atoms with E-state index in [0.717, 1.165) is 7.11 Å². The molecular weight excluding hydrogens is 544 g/mol. The lowest BCUT2D eigenvalue weighted by molar-refractivity contribution is -0.169. The Hall–Kier alpha value is -3.43. The van der Waals surface area contributed by atoms with Crippen molar-refractivity contribution in [3.8, 4) is 0 Å². The third kappa shape index (κ3) is 10.8. The number of rotatable bonds is 5. The largest absolute Gasteiger partial charge is 0.478 e. The Morgan fingerprint density at radius 2 is 1.59 bits per heavy atom. The monoisotopic (exact) mass is 586 g/mol. The molecule has 0 unspecified atom stereocenters. The number of guanidine groups is 1. The summed E-state index contributed by atoms with van der Waals surface area (Å²) in [5, 5.41) is 18.6. The molecular formula is C26H42N4O11. The number of hydrogen-bond acceptors (Lipinski definition) is 12. The molecule has 5 atom stereocenters. The van der Waals surface area contributed by atoms with Crippen molar-refractivity contribution in [3.05, 3.63) is 11.8 Å². The zero-order chi connectivity index (χ0) is 31.3. The molecule has 2 heterocycles. The Labute approximate surface area is 239 Å². The molecule has 0 bridgehead atoms. The van der Waals surface area contributed by atoms with E-state index >= 15 is 0 Å². The fraction of sp³-hybridized carbons (Fsp3) is 0.731. The number of aliphatic hydroxyl groups excluding tert-OH is 1. The summed E-state index contributed by atoms with van der Waals surface area (Å²) in [4.78, 5) is 54.4. The van der Waals surface area contributed by atoms with Crippen LogP contribution < -0.4 is 16.0 Å². The lowest BCUT2D eigenvalue weighted by Gasteiger charge is -2.39. The maximum absolute atomic E-state index is 12.6. The quantitative estimate of drug-likeness (QED) is 0.157. The molecule has 4 N–H and O–H groups in total. The molecule has 41 heavy (non-hydrogen) atoms. The van der Waals surface area contributed by atoms with Crippen LogP contribution in [0, 0.1) is 0 Å². The highest BCUT2D eigenvalue weighted by Crippen LogP contribution is 2.31. The predicted octanol–water partition coefficient (Wildman–Crippen LogP) is 1.23. The van der Waals surface area contributed by atoms with Gasteiger partial charge in [0.15, 0.2) is 5.79 Å². The highest BCUT2D eigenvalue weighted by Gasteiger charge is 2.48. The van der Waals surface area contributed by atoms with E-state index in [4.69, 9.17) is 28.4 Å². The van der Waals surface area contributed by atoms with Crippen molar-refractivity contribution in [2.45, 2.75) is 110 Å². The van der Waals surface area contributed by atoms with Crippen molar-refractivity contribution in [1.82, 2.24) is 16.0 Å². The van der Waals surface area contributed by atoms with Gasteiger partial charge in [-0.15, -0.1) is 0 Å². The summed E-state index contributed by atoms with van der Waals surface area (Å²) in [5.41, 5.74) is -1.77. The first-order valence-electron chi connectivity index (χ1n) is 13.0. The maximum Gasteiger partial charge on any atom is 0.414 e. The van der Waals surface area contributed by atoms with E-state index in [2.05, 4.69) is 20.9 Å². The topological polar surface area (TPSA) is 192 Å². The van der Waals surface area contributed by atoms with Crippen LogP contribution in [0.4, 0.5) is 9.59 Å². The van der Waals surface area contributed by atoms with Crippen molar-refractivity contribution in [1.29, 1.82) is 0 Å². The lowest BCUT2D eigenvalue weighted by atomic mass is 9.92. The van der Waals surface area contributed by atoms with Crippen molar-refractivity contribution in [2.24, 2.45) is 4.99 Å². The van der Waals surface area contributed by atoms with Gasteiger partial charge in [-0.25, -0.2) is 19.4 Å². The van der Waals surface area contributed by atoms with Gasteiger partial charge >= 0.3 is 18.2 Å². The molecule has 0 radical (unpaired) electrons. The number of carbonyl (C=O) groups is 4. The summed E-state index contributed by atoms with van der Waals surface area (Å²) in [6.45, 7) is 14.4. The zero-order valence-electron chi connectivity index (χ0n) is 25.1. The van der Waals surface area contributed by atoms with Gasteiger partial charge in [-0.1, -0.05) is 0 Å². The Morgan fingerprint density at radius 1 is 1.05 bits per heavy atom. The number of hydrogen-bond donors (Lipinski definition) is 4. The minimum Gasteiger partial charge on any atom is -0.478 e. The number of nitrogens with zero attached hydrogens (tertiary/aromatic N) is 1. The summed E-state index contributed by atoms with van der Waals surface area (Å²) in [5.74, 6) is -3.17. The van der Waals surface area contributed by atoms with Crippen LogP contribution in [0.2, 0.25) is 0 Å². The maximum atomic E-state index is 12.6.